The van der Waals surface area contributed by atoms with Gasteiger partial charge in [0.05, 0.1) is 5.41 Å². The highest BCUT2D eigenvalue weighted by molar-refractivity contribution is 5.88. The first-order valence-corrected chi connectivity index (χ1v) is 13.0. The van der Waals surface area contributed by atoms with Crippen LogP contribution in [0.2, 0.25) is 0 Å². The Labute approximate surface area is 214 Å². The Balaban J connectivity index is 1.53. The Kier molecular flexibility index (Phi) is 4.63. The van der Waals surface area contributed by atoms with Gasteiger partial charge in [-0.25, -0.2) is 0 Å². The van der Waals surface area contributed by atoms with Crippen LogP contribution in [-0.2, 0) is 18.3 Å². The van der Waals surface area contributed by atoms with Crippen LogP contribution in [0, 0.1) is 20.8 Å². The lowest BCUT2D eigenvalue weighted by Gasteiger charge is -2.40. The van der Waals surface area contributed by atoms with Crippen LogP contribution in [0.15, 0.2) is 103 Å². The van der Waals surface area contributed by atoms with Gasteiger partial charge in [0.25, 0.3) is 0 Å². The molecule has 2 aliphatic carbocycles. The predicted molar refractivity (Wildman–Crippen MR) is 150 cm³/mol. The summed E-state index contributed by atoms with van der Waals surface area (Å²) in [7, 11) is 0. The highest BCUT2D eigenvalue weighted by Crippen LogP contribution is 2.59. The molecular formula is C36H30. The number of hydrogen-bond donors (Lipinski definition) is 0. The molecule has 7 rings (SSSR count). The van der Waals surface area contributed by atoms with Gasteiger partial charge in [-0.2, -0.15) is 0 Å². The van der Waals surface area contributed by atoms with Gasteiger partial charge in [0.15, 0.2) is 0 Å². The van der Waals surface area contributed by atoms with Crippen LogP contribution >= 0.6 is 0 Å². The molecule has 1 spiro atoms. The minimum Gasteiger partial charge on any atom is -0.0620 e. The van der Waals surface area contributed by atoms with E-state index >= 15 is 0 Å². The van der Waals surface area contributed by atoms with Crippen molar-refractivity contribution in [3.05, 3.63) is 164 Å². The Bertz CT molecular complexity index is 1600. The van der Waals surface area contributed by atoms with Crippen molar-refractivity contribution in [2.24, 2.45) is 0 Å². The summed E-state index contributed by atoms with van der Waals surface area (Å²) in [6, 6.07) is 39.5. The van der Waals surface area contributed by atoms with Crippen LogP contribution in [0.3, 0.4) is 0 Å². The molecule has 0 unspecified atom stereocenters. The van der Waals surface area contributed by atoms with Crippen LogP contribution in [0.4, 0.5) is 0 Å². The zero-order valence-corrected chi connectivity index (χ0v) is 21.2. The molecule has 0 radical (unpaired) electrons. The zero-order valence-electron chi connectivity index (χ0n) is 21.2. The van der Waals surface area contributed by atoms with Crippen molar-refractivity contribution >= 4 is 0 Å². The summed E-state index contributed by atoms with van der Waals surface area (Å²) in [5.74, 6) is 0. The monoisotopic (exact) mass is 462 g/mol. The average Bonchev–Trinajstić information content (AvgIpc) is 3.13. The largest absolute Gasteiger partial charge is 0.0719 e. The predicted octanol–water partition coefficient (Wildman–Crippen LogP) is 8.47. The minimum atomic E-state index is -0.275. The third-order valence-electron chi connectivity index (χ3n) is 8.27. The van der Waals surface area contributed by atoms with Crippen LogP contribution in [0.25, 0.3) is 11.1 Å². The molecule has 0 heteroatoms. The summed E-state index contributed by atoms with van der Waals surface area (Å²) < 4.78 is 0. The fourth-order valence-electron chi connectivity index (χ4n) is 7.02. The van der Waals surface area contributed by atoms with Crippen molar-refractivity contribution in [1.82, 2.24) is 0 Å². The fraction of sp³-hybridized carbons (Fsp3) is 0.167. The van der Waals surface area contributed by atoms with Gasteiger partial charge in [0, 0.05) is 0 Å². The molecular weight excluding hydrogens is 432 g/mol. The number of fused-ring (bicyclic) bond motifs is 9. The van der Waals surface area contributed by atoms with Crippen molar-refractivity contribution in [2.75, 3.05) is 0 Å². The van der Waals surface area contributed by atoms with Crippen molar-refractivity contribution in [3.63, 3.8) is 0 Å². The molecule has 0 aliphatic heterocycles. The molecule has 0 amide bonds. The molecule has 0 fully saturated rings. The van der Waals surface area contributed by atoms with E-state index in [1.54, 1.807) is 0 Å². The Morgan fingerprint density at radius 2 is 1.17 bits per heavy atom. The van der Waals surface area contributed by atoms with Crippen molar-refractivity contribution in [1.29, 1.82) is 0 Å². The van der Waals surface area contributed by atoms with E-state index in [1.807, 2.05) is 0 Å². The van der Waals surface area contributed by atoms with E-state index in [1.165, 1.54) is 72.3 Å². The van der Waals surface area contributed by atoms with Crippen molar-refractivity contribution in [2.45, 2.75) is 39.0 Å². The topological polar surface area (TPSA) is 0 Å². The van der Waals surface area contributed by atoms with Gasteiger partial charge in [0.1, 0.15) is 0 Å². The summed E-state index contributed by atoms with van der Waals surface area (Å²) in [5, 5.41) is 0. The highest BCUT2D eigenvalue weighted by Gasteiger charge is 2.49. The maximum atomic E-state index is 2.52. The summed E-state index contributed by atoms with van der Waals surface area (Å²) in [5.41, 5.74) is 17.9. The molecule has 5 aromatic carbocycles. The summed E-state index contributed by atoms with van der Waals surface area (Å²) in [6.07, 6.45) is 1.94. The summed E-state index contributed by atoms with van der Waals surface area (Å²) >= 11 is 0. The van der Waals surface area contributed by atoms with E-state index in [-0.39, 0.29) is 5.41 Å². The SMILES string of the molecule is Cc1cc(C)cc(Cc2ccc3c(c2)C2(c4ccccc4Cc4ccccc42)c2ccc(C)cc2-3)c1. The number of rotatable bonds is 2. The van der Waals surface area contributed by atoms with Crippen LogP contribution in [-0.4, -0.2) is 0 Å². The van der Waals surface area contributed by atoms with Gasteiger partial charge < -0.3 is 0 Å². The second kappa shape index (κ2) is 7.80. The molecule has 174 valence electrons. The van der Waals surface area contributed by atoms with Gasteiger partial charge in [0.2, 0.25) is 0 Å². The third-order valence-corrected chi connectivity index (χ3v) is 8.27. The lowest BCUT2D eigenvalue weighted by atomic mass is 9.61. The Hall–Kier alpha value is -3.90. The second-order valence-electron chi connectivity index (χ2n) is 10.8. The first-order chi connectivity index (χ1) is 17.5. The third kappa shape index (κ3) is 3.00. The van der Waals surface area contributed by atoms with Crippen molar-refractivity contribution < 1.29 is 0 Å². The molecule has 0 saturated heterocycles. The van der Waals surface area contributed by atoms with E-state index in [0.29, 0.717) is 0 Å². The normalized spacial score (nSPS) is 14.2. The molecule has 5 aromatic rings. The summed E-state index contributed by atoms with van der Waals surface area (Å²) in [4.78, 5) is 0. The fourth-order valence-corrected chi connectivity index (χ4v) is 7.02. The molecule has 0 nitrogen and oxygen atoms in total. The minimum absolute atomic E-state index is 0.275. The van der Waals surface area contributed by atoms with E-state index in [4.69, 9.17) is 0 Å². The quantitative estimate of drug-likeness (QED) is 0.242. The van der Waals surface area contributed by atoms with Crippen molar-refractivity contribution in [3.8, 4) is 11.1 Å². The Morgan fingerprint density at radius 1 is 0.500 bits per heavy atom. The molecule has 0 saturated carbocycles. The Morgan fingerprint density at radius 3 is 1.86 bits per heavy atom. The van der Waals surface area contributed by atoms with Crippen LogP contribution in [0.5, 0.6) is 0 Å². The standard InChI is InChI=1S/C36H30/c1-23-12-15-34-31(19-23)30-14-13-26(20-27-17-24(2)16-25(3)18-27)21-35(30)36(34)32-10-6-4-8-28(32)22-29-9-5-7-11-33(29)36/h4-19,21H,20,22H2,1-3H3. The summed E-state index contributed by atoms with van der Waals surface area (Å²) in [6.45, 7) is 6.61. The van der Waals surface area contributed by atoms with Gasteiger partial charge in [-0.3, -0.25) is 0 Å². The lowest BCUT2D eigenvalue weighted by molar-refractivity contribution is 0.721. The van der Waals surface area contributed by atoms with Crippen LogP contribution < -0.4 is 0 Å². The van der Waals surface area contributed by atoms with Gasteiger partial charge >= 0.3 is 0 Å². The lowest BCUT2D eigenvalue weighted by Crippen LogP contribution is -2.34. The molecule has 0 atom stereocenters. The number of hydrogen-bond acceptors (Lipinski definition) is 0. The second-order valence-corrected chi connectivity index (χ2v) is 10.8. The zero-order chi connectivity index (χ0) is 24.4. The van der Waals surface area contributed by atoms with E-state index < -0.39 is 0 Å². The van der Waals surface area contributed by atoms with Crippen LogP contribution in [0.1, 0.15) is 61.2 Å². The van der Waals surface area contributed by atoms with Gasteiger partial charge in [-0.05, 0) is 89.2 Å². The van der Waals surface area contributed by atoms with E-state index in [0.717, 1.165) is 12.8 Å². The van der Waals surface area contributed by atoms with E-state index in [2.05, 4.69) is 124 Å². The number of aryl methyl sites for hydroxylation is 3. The highest BCUT2D eigenvalue weighted by atomic mass is 14.5. The maximum absolute atomic E-state index is 2.52. The smallest absolute Gasteiger partial charge is 0.0620 e. The maximum Gasteiger partial charge on any atom is 0.0719 e. The molecule has 0 heterocycles. The first-order valence-electron chi connectivity index (χ1n) is 13.0. The first kappa shape index (κ1) is 21.4. The molecule has 36 heavy (non-hydrogen) atoms. The van der Waals surface area contributed by atoms with E-state index in [9.17, 15) is 0 Å². The van der Waals surface area contributed by atoms with Gasteiger partial charge in [-0.1, -0.05) is 120 Å². The molecule has 0 bridgehead atoms. The van der Waals surface area contributed by atoms with Gasteiger partial charge in [-0.15, -0.1) is 0 Å². The molecule has 0 aromatic heterocycles. The number of benzene rings is 5. The molecule has 2 aliphatic rings. The molecule has 0 N–H and O–H groups in total. The average molecular weight is 463 g/mol.